The number of aliphatic hydroxyl groups is 1. The number of piperidine rings is 1. The molecule has 1 aliphatic heterocycles. The maximum Gasteiger partial charge on any atom is 0.227 e. The first-order valence-electron chi connectivity index (χ1n) is 6.43. The van der Waals surface area contributed by atoms with Gasteiger partial charge in [-0.1, -0.05) is 20.8 Å². The smallest absolute Gasteiger partial charge is 0.227 e. The molecule has 100 valence electrons. The van der Waals surface area contributed by atoms with E-state index < -0.39 is 6.10 Å². The zero-order valence-corrected chi connectivity index (χ0v) is 11.5. The summed E-state index contributed by atoms with van der Waals surface area (Å²) in [5.41, 5.74) is -0.519. The highest BCUT2D eigenvalue weighted by molar-refractivity contribution is 5.82. The number of carbonyl (C=O) groups is 1. The first kappa shape index (κ1) is 14.5. The number of hydrogen-bond acceptors (Lipinski definition) is 3. The van der Waals surface area contributed by atoms with Crippen LogP contribution in [-0.4, -0.2) is 36.8 Å². The third-order valence-electron chi connectivity index (χ3n) is 3.60. The molecule has 4 heteroatoms. The van der Waals surface area contributed by atoms with Crippen molar-refractivity contribution in [1.29, 1.82) is 0 Å². The van der Waals surface area contributed by atoms with Gasteiger partial charge in [-0.05, 0) is 31.7 Å². The van der Waals surface area contributed by atoms with Crippen molar-refractivity contribution in [3.8, 4) is 0 Å². The van der Waals surface area contributed by atoms with Crippen LogP contribution in [0.3, 0.4) is 0 Å². The van der Waals surface area contributed by atoms with Crippen molar-refractivity contribution in [1.82, 2.24) is 10.6 Å². The standard InChI is InChI=1S/C13H26N2O2/c1-12(2,3)10(16)8-15-11(17)13(4)6-5-7-14-9-13/h10,14,16H,5-9H2,1-4H3,(H,15,17). The first-order valence-corrected chi connectivity index (χ1v) is 6.43. The summed E-state index contributed by atoms with van der Waals surface area (Å²) in [7, 11) is 0. The molecule has 2 atom stereocenters. The number of carbonyl (C=O) groups excluding carboxylic acids is 1. The van der Waals surface area contributed by atoms with Crippen molar-refractivity contribution in [2.75, 3.05) is 19.6 Å². The Labute approximate surface area is 104 Å². The number of nitrogens with one attached hydrogen (secondary N) is 2. The Morgan fingerprint density at radius 3 is 2.65 bits per heavy atom. The Bertz CT molecular complexity index is 265. The lowest BCUT2D eigenvalue weighted by Gasteiger charge is -2.34. The van der Waals surface area contributed by atoms with Crippen LogP contribution in [0.5, 0.6) is 0 Å². The minimum atomic E-state index is -0.508. The van der Waals surface area contributed by atoms with Crippen LogP contribution < -0.4 is 10.6 Å². The van der Waals surface area contributed by atoms with Gasteiger partial charge in [-0.2, -0.15) is 0 Å². The lowest BCUT2D eigenvalue weighted by molar-refractivity contribution is -0.131. The summed E-state index contributed by atoms with van der Waals surface area (Å²) >= 11 is 0. The summed E-state index contributed by atoms with van der Waals surface area (Å²) < 4.78 is 0. The van der Waals surface area contributed by atoms with Gasteiger partial charge in [0, 0.05) is 13.1 Å². The van der Waals surface area contributed by atoms with E-state index in [2.05, 4.69) is 10.6 Å². The molecule has 17 heavy (non-hydrogen) atoms. The second-order valence-electron chi connectivity index (χ2n) is 6.43. The van der Waals surface area contributed by atoms with Crippen LogP contribution in [-0.2, 0) is 4.79 Å². The van der Waals surface area contributed by atoms with Gasteiger partial charge in [-0.3, -0.25) is 4.79 Å². The van der Waals surface area contributed by atoms with Crippen LogP contribution in [0, 0.1) is 10.8 Å². The van der Waals surface area contributed by atoms with Gasteiger partial charge in [0.15, 0.2) is 0 Å². The van der Waals surface area contributed by atoms with Crippen molar-refractivity contribution < 1.29 is 9.90 Å². The zero-order chi connectivity index (χ0) is 13.1. The number of amides is 1. The van der Waals surface area contributed by atoms with E-state index in [0.717, 1.165) is 25.9 Å². The SMILES string of the molecule is CC1(C(=O)NCC(O)C(C)(C)C)CCCNC1. The predicted octanol–water partition coefficient (Wildman–Crippen LogP) is 0.899. The van der Waals surface area contributed by atoms with E-state index in [-0.39, 0.29) is 16.7 Å². The molecule has 0 bridgehead atoms. The van der Waals surface area contributed by atoms with Gasteiger partial charge < -0.3 is 15.7 Å². The number of rotatable bonds is 3. The van der Waals surface area contributed by atoms with Gasteiger partial charge in [0.05, 0.1) is 11.5 Å². The van der Waals surface area contributed by atoms with Gasteiger partial charge in [0.2, 0.25) is 5.91 Å². The van der Waals surface area contributed by atoms with Crippen LogP contribution >= 0.6 is 0 Å². The molecule has 1 aliphatic rings. The molecule has 1 rings (SSSR count). The van der Waals surface area contributed by atoms with Gasteiger partial charge in [-0.25, -0.2) is 0 Å². The second kappa shape index (κ2) is 5.36. The third kappa shape index (κ3) is 3.96. The second-order valence-corrected chi connectivity index (χ2v) is 6.43. The highest BCUT2D eigenvalue weighted by Gasteiger charge is 2.35. The Morgan fingerprint density at radius 1 is 1.53 bits per heavy atom. The molecule has 1 heterocycles. The van der Waals surface area contributed by atoms with Crippen molar-refractivity contribution in [3.05, 3.63) is 0 Å². The highest BCUT2D eigenvalue weighted by Crippen LogP contribution is 2.25. The first-order chi connectivity index (χ1) is 7.76. The van der Waals surface area contributed by atoms with Crippen LogP contribution in [0.25, 0.3) is 0 Å². The van der Waals surface area contributed by atoms with E-state index in [9.17, 15) is 9.90 Å². The fraction of sp³-hybridized carbons (Fsp3) is 0.923. The van der Waals surface area contributed by atoms with Crippen molar-refractivity contribution in [2.45, 2.75) is 46.6 Å². The van der Waals surface area contributed by atoms with E-state index in [0.29, 0.717) is 6.54 Å². The van der Waals surface area contributed by atoms with Gasteiger partial charge in [0.1, 0.15) is 0 Å². The van der Waals surface area contributed by atoms with Gasteiger partial charge in [-0.15, -0.1) is 0 Å². The normalized spacial score (nSPS) is 27.6. The summed E-state index contributed by atoms with van der Waals surface area (Å²) in [6, 6.07) is 0. The molecule has 0 saturated carbocycles. The molecule has 0 aliphatic carbocycles. The van der Waals surface area contributed by atoms with E-state index in [4.69, 9.17) is 0 Å². The number of aliphatic hydroxyl groups excluding tert-OH is 1. The zero-order valence-electron chi connectivity index (χ0n) is 11.5. The minimum Gasteiger partial charge on any atom is -0.391 e. The molecule has 0 aromatic rings. The van der Waals surface area contributed by atoms with Crippen molar-refractivity contribution in [2.24, 2.45) is 10.8 Å². The average Bonchev–Trinajstić information content (AvgIpc) is 2.25. The molecule has 3 N–H and O–H groups in total. The Kier molecular flexibility index (Phi) is 4.55. The van der Waals surface area contributed by atoms with Crippen LogP contribution in [0.2, 0.25) is 0 Å². The molecule has 2 unspecified atom stereocenters. The number of hydrogen-bond donors (Lipinski definition) is 3. The lowest BCUT2D eigenvalue weighted by atomic mass is 9.81. The minimum absolute atomic E-state index is 0.0491. The summed E-state index contributed by atoms with van der Waals surface area (Å²) in [4.78, 5) is 12.1. The molecule has 1 fully saturated rings. The predicted molar refractivity (Wildman–Crippen MR) is 68.7 cm³/mol. The van der Waals surface area contributed by atoms with Crippen molar-refractivity contribution in [3.63, 3.8) is 0 Å². The summed E-state index contributed by atoms with van der Waals surface area (Å²) in [6.07, 6.45) is 1.44. The fourth-order valence-electron chi connectivity index (χ4n) is 1.96. The largest absolute Gasteiger partial charge is 0.391 e. The molecule has 0 aromatic carbocycles. The maximum atomic E-state index is 12.1. The molecule has 0 radical (unpaired) electrons. The Balaban J connectivity index is 2.44. The van der Waals surface area contributed by atoms with E-state index in [1.165, 1.54) is 0 Å². The summed E-state index contributed by atoms with van der Waals surface area (Å²) in [5, 5.41) is 16.0. The van der Waals surface area contributed by atoms with Crippen LogP contribution in [0.15, 0.2) is 0 Å². The summed E-state index contributed by atoms with van der Waals surface area (Å²) in [5.74, 6) is 0.0491. The quantitative estimate of drug-likeness (QED) is 0.689. The van der Waals surface area contributed by atoms with Gasteiger partial charge in [0.25, 0.3) is 0 Å². The maximum absolute atomic E-state index is 12.1. The highest BCUT2D eigenvalue weighted by atomic mass is 16.3. The van der Waals surface area contributed by atoms with Crippen LogP contribution in [0.1, 0.15) is 40.5 Å². The molecular formula is C13H26N2O2. The molecule has 0 aromatic heterocycles. The third-order valence-corrected chi connectivity index (χ3v) is 3.60. The fourth-order valence-corrected chi connectivity index (χ4v) is 1.96. The van der Waals surface area contributed by atoms with E-state index >= 15 is 0 Å². The molecule has 1 saturated heterocycles. The molecule has 0 spiro atoms. The molecule has 1 amide bonds. The lowest BCUT2D eigenvalue weighted by Crippen LogP contribution is -2.51. The van der Waals surface area contributed by atoms with E-state index in [1.807, 2.05) is 27.7 Å². The average molecular weight is 242 g/mol. The molecular weight excluding hydrogens is 216 g/mol. The van der Waals surface area contributed by atoms with Gasteiger partial charge >= 0.3 is 0 Å². The monoisotopic (exact) mass is 242 g/mol. The van der Waals surface area contributed by atoms with E-state index in [1.54, 1.807) is 0 Å². The Hall–Kier alpha value is -0.610. The van der Waals surface area contributed by atoms with Crippen LogP contribution in [0.4, 0.5) is 0 Å². The topological polar surface area (TPSA) is 61.4 Å². The Morgan fingerprint density at radius 2 is 2.18 bits per heavy atom. The van der Waals surface area contributed by atoms with Crippen molar-refractivity contribution >= 4 is 5.91 Å². The summed E-state index contributed by atoms with van der Waals surface area (Å²) in [6.45, 7) is 9.93. The molecule has 4 nitrogen and oxygen atoms in total.